The largest absolute Gasteiger partial charge is 0.432 e. The fourth-order valence-corrected chi connectivity index (χ4v) is 1.40. The number of amides is 1. The van der Waals surface area contributed by atoms with Gasteiger partial charge in [-0.3, -0.25) is 4.79 Å². The molecule has 19 heavy (non-hydrogen) atoms. The van der Waals surface area contributed by atoms with Crippen molar-refractivity contribution >= 4 is 17.3 Å². The first-order chi connectivity index (χ1) is 8.85. The average molecular weight is 277 g/mol. The number of anilines is 2. The van der Waals surface area contributed by atoms with E-state index in [0.29, 0.717) is 0 Å². The lowest BCUT2D eigenvalue weighted by atomic mass is 10.2. The van der Waals surface area contributed by atoms with Crippen LogP contribution in [0.25, 0.3) is 0 Å². The SMILES string of the molecule is CNC(=O)C(C)Nc1cc(OC(F)F)c(F)cc1N. The summed E-state index contributed by atoms with van der Waals surface area (Å²) in [6.45, 7) is -1.61. The molecule has 0 heterocycles. The fraction of sp³-hybridized carbons (Fsp3) is 0.364. The van der Waals surface area contributed by atoms with Gasteiger partial charge in [-0.1, -0.05) is 0 Å². The van der Waals surface area contributed by atoms with E-state index in [1.54, 1.807) is 0 Å². The number of ether oxygens (including phenoxy) is 1. The molecule has 0 spiro atoms. The highest BCUT2D eigenvalue weighted by atomic mass is 19.3. The molecule has 5 nitrogen and oxygen atoms in total. The summed E-state index contributed by atoms with van der Waals surface area (Å²) < 4.78 is 41.5. The quantitative estimate of drug-likeness (QED) is 0.714. The fourth-order valence-electron chi connectivity index (χ4n) is 1.40. The number of halogens is 3. The summed E-state index contributed by atoms with van der Waals surface area (Å²) in [6.07, 6.45) is 0. The second kappa shape index (κ2) is 6.17. The Labute approximate surface area is 107 Å². The van der Waals surface area contributed by atoms with Gasteiger partial charge < -0.3 is 21.1 Å². The zero-order valence-corrected chi connectivity index (χ0v) is 10.3. The number of nitrogens with one attached hydrogen (secondary N) is 2. The molecule has 1 rings (SSSR count). The summed E-state index contributed by atoms with van der Waals surface area (Å²) in [5.74, 6) is -1.98. The maximum Gasteiger partial charge on any atom is 0.387 e. The molecule has 1 atom stereocenters. The number of carbonyl (C=O) groups is 1. The summed E-state index contributed by atoms with van der Waals surface area (Å²) in [6, 6.07) is 1.16. The lowest BCUT2D eigenvalue weighted by molar-refractivity contribution is -0.121. The van der Waals surface area contributed by atoms with Gasteiger partial charge in [0.05, 0.1) is 11.4 Å². The van der Waals surface area contributed by atoms with Crippen molar-refractivity contribution < 1.29 is 22.7 Å². The Balaban J connectivity index is 2.97. The van der Waals surface area contributed by atoms with Gasteiger partial charge in [-0.25, -0.2) is 4.39 Å². The van der Waals surface area contributed by atoms with Crippen LogP contribution in [-0.2, 0) is 4.79 Å². The summed E-state index contributed by atoms with van der Waals surface area (Å²) in [5.41, 5.74) is 5.65. The summed E-state index contributed by atoms with van der Waals surface area (Å²) in [7, 11) is 1.44. The lowest BCUT2D eigenvalue weighted by Crippen LogP contribution is -2.35. The van der Waals surface area contributed by atoms with E-state index in [4.69, 9.17) is 5.73 Å². The second-order valence-corrected chi connectivity index (χ2v) is 3.73. The van der Waals surface area contributed by atoms with Crippen molar-refractivity contribution in [1.29, 1.82) is 0 Å². The Morgan fingerprint density at radius 2 is 2.05 bits per heavy atom. The van der Waals surface area contributed by atoms with Gasteiger partial charge in [-0.05, 0) is 6.92 Å². The van der Waals surface area contributed by atoms with Crippen LogP contribution in [0.5, 0.6) is 5.75 Å². The van der Waals surface area contributed by atoms with Crippen molar-refractivity contribution in [3.63, 3.8) is 0 Å². The number of alkyl halides is 2. The Bertz CT molecular complexity index is 469. The number of benzene rings is 1. The summed E-state index contributed by atoms with van der Waals surface area (Å²) >= 11 is 0. The maximum atomic E-state index is 13.3. The number of hydrogen-bond donors (Lipinski definition) is 3. The Morgan fingerprint density at radius 3 is 2.58 bits per heavy atom. The van der Waals surface area contributed by atoms with Crippen molar-refractivity contribution in [3.05, 3.63) is 17.9 Å². The topological polar surface area (TPSA) is 76.4 Å². The van der Waals surface area contributed by atoms with E-state index in [-0.39, 0.29) is 17.3 Å². The Kier molecular flexibility index (Phi) is 4.85. The first-order valence-corrected chi connectivity index (χ1v) is 5.37. The van der Waals surface area contributed by atoms with Crippen LogP contribution in [-0.4, -0.2) is 25.6 Å². The highest BCUT2D eigenvalue weighted by Crippen LogP contribution is 2.29. The van der Waals surface area contributed by atoms with Crippen molar-refractivity contribution in [2.24, 2.45) is 0 Å². The molecule has 4 N–H and O–H groups in total. The van der Waals surface area contributed by atoms with Gasteiger partial charge in [0.15, 0.2) is 11.6 Å². The third-order valence-corrected chi connectivity index (χ3v) is 2.33. The molecule has 0 aromatic heterocycles. The van der Waals surface area contributed by atoms with Gasteiger partial charge in [0.1, 0.15) is 6.04 Å². The monoisotopic (exact) mass is 277 g/mol. The predicted molar refractivity (Wildman–Crippen MR) is 64.6 cm³/mol. The molecule has 0 saturated heterocycles. The van der Waals surface area contributed by atoms with Crippen LogP contribution in [0.2, 0.25) is 0 Å². The van der Waals surface area contributed by atoms with Crippen molar-refractivity contribution in [1.82, 2.24) is 5.32 Å². The highest BCUT2D eigenvalue weighted by molar-refractivity contribution is 5.85. The smallest absolute Gasteiger partial charge is 0.387 e. The molecule has 0 bridgehead atoms. The van der Waals surface area contributed by atoms with Crippen LogP contribution in [0.15, 0.2) is 12.1 Å². The first-order valence-electron chi connectivity index (χ1n) is 5.37. The minimum absolute atomic E-state index is 0.0186. The Hall–Kier alpha value is -2.12. The van der Waals surface area contributed by atoms with E-state index in [1.165, 1.54) is 14.0 Å². The molecule has 8 heteroatoms. The summed E-state index contributed by atoms with van der Waals surface area (Å²) in [5, 5.41) is 5.07. The molecule has 0 fully saturated rings. The van der Waals surface area contributed by atoms with Crippen LogP contribution in [0, 0.1) is 5.82 Å². The van der Waals surface area contributed by atoms with Crippen molar-refractivity contribution in [2.75, 3.05) is 18.1 Å². The molecule has 1 unspecified atom stereocenters. The second-order valence-electron chi connectivity index (χ2n) is 3.73. The molecule has 1 amide bonds. The van der Waals surface area contributed by atoms with Gasteiger partial charge in [-0.15, -0.1) is 0 Å². The van der Waals surface area contributed by atoms with Gasteiger partial charge in [-0.2, -0.15) is 8.78 Å². The van der Waals surface area contributed by atoms with E-state index < -0.39 is 24.2 Å². The minimum atomic E-state index is -3.15. The van der Waals surface area contributed by atoms with Crippen LogP contribution in [0.1, 0.15) is 6.92 Å². The molecule has 0 saturated carbocycles. The highest BCUT2D eigenvalue weighted by Gasteiger charge is 2.16. The molecule has 106 valence electrons. The van der Waals surface area contributed by atoms with E-state index in [9.17, 15) is 18.0 Å². The number of hydrogen-bond acceptors (Lipinski definition) is 4. The number of nitrogen functional groups attached to an aromatic ring is 1. The van der Waals surface area contributed by atoms with E-state index in [1.807, 2.05) is 0 Å². The minimum Gasteiger partial charge on any atom is -0.432 e. The third-order valence-electron chi connectivity index (χ3n) is 2.33. The third kappa shape index (κ3) is 3.94. The van der Waals surface area contributed by atoms with Gasteiger partial charge in [0, 0.05) is 19.2 Å². The van der Waals surface area contributed by atoms with E-state index in [2.05, 4.69) is 15.4 Å². The molecule has 1 aromatic carbocycles. The Morgan fingerprint density at radius 1 is 1.42 bits per heavy atom. The molecular formula is C11H14F3N3O2. The van der Waals surface area contributed by atoms with Gasteiger partial charge >= 0.3 is 6.61 Å². The van der Waals surface area contributed by atoms with Crippen molar-refractivity contribution in [3.8, 4) is 5.75 Å². The first kappa shape index (κ1) is 14.9. The van der Waals surface area contributed by atoms with Crippen LogP contribution in [0.4, 0.5) is 24.5 Å². The predicted octanol–water partition coefficient (Wildman–Crippen LogP) is 1.56. The van der Waals surface area contributed by atoms with Gasteiger partial charge in [0.25, 0.3) is 0 Å². The van der Waals surface area contributed by atoms with E-state index in [0.717, 1.165) is 12.1 Å². The maximum absolute atomic E-state index is 13.3. The number of carbonyl (C=O) groups excluding carboxylic acids is 1. The number of nitrogens with two attached hydrogens (primary N) is 1. The molecule has 0 aliphatic heterocycles. The molecule has 0 aliphatic carbocycles. The summed E-state index contributed by atoms with van der Waals surface area (Å²) in [4.78, 5) is 11.3. The molecule has 0 aliphatic rings. The normalized spacial score (nSPS) is 12.1. The zero-order chi connectivity index (χ0) is 14.6. The van der Waals surface area contributed by atoms with Crippen LogP contribution < -0.4 is 21.1 Å². The van der Waals surface area contributed by atoms with Crippen LogP contribution in [0.3, 0.4) is 0 Å². The van der Waals surface area contributed by atoms with E-state index >= 15 is 0 Å². The molecule has 0 radical (unpaired) electrons. The molecule has 1 aromatic rings. The van der Waals surface area contributed by atoms with Gasteiger partial charge in [0.2, 0.25) is 5.91 Å². The standard InChI is InChI=1S/C11H14F3N3O2/c1-5(10(18)16-2)17-8-4-9(19-11(13)14)6(12)3-7(8)15/h3-5,11,17H,15H2,1-2H3,(H,16,18). The molecular weight excluding hydrogens is 263 g/mol. The number of likely N-dealkylation sites (N-methyl/N-ethyl adjacent to an activating group) is 1. The van der Waals surface area contributed by atoms with Crippen LogP contribution >= 0.6 is 0 Å². The average Bonchev–Trinajstić information content (AvgIpc) is 2.33. The van der Waals surface area contributed by atoms with Crippen molar-refractivity contribution in [2.45, 2.75) is 19.6 Å². The lowest BCUT2D eigenvalue weighted by Gasteiger charge is -2.17. The zero-order valence-electron chi connectivity index (χ0n) is 10.3. The number of rotatable bonds is 5.